The van der Waals surface area contributed by atoms with Gasteiger partial charge in [-0.25, -0.2) is 15.0 Å². The Hall–Kier alpha value is -6.65. The Morgan fingerprint density at radius 2 is 0.873 bits per heavy atom. The zero-order valence-corrected chi connectivity index (χ0v) is 30.4. The molecule has 0 saturated heterocycles. The van der Waals surface area contributed by atoms with Crippen molar-refractivity contribution in [1.29, 1.82) is 0 Å². The molecule has 1 fully saturated rings. The first kappa shape index (κ1) is 31.8. The minimum absolute atomic E-state index is 0.0738. The highest BCUT2D eigenvalue weighted by atomic mass is 16.3. The Morgan fingerprint density at radius 3 is 1.58 bits per heavy atom. The molecule has 2 aliphatic carbocycles. The summed E-state index contributed by atoms with van der Waals surface area (Å²) in [5.74, 6) is 1.87. The molecule has 0 radical (unpaired) electrons. The van der Waals surface area contributed by atoms with Gasteiger partial charge in [0.15, 0.2) is 17.5 Å². The first-order chi connectivity index (χ1) is 27.2. The zero-order chi connectivity index (χ0) is 36.3. The smallest absolute Gasteiger partial charge is 0.164 e. The summed E-state index contributed by atoms with van der Waals surface area (Å²) in [6.07, 6.45) is 6.25. The second-order valence-electron chi connectivity index (χ2n) is 15.1. The van der Waals surface area contributed by atoms with Gasteiger partial charge in [0, 0.05) is 32.9 Å². The molecule has 9 aromatic rings. The molecule has 1 spiro atoms. The molecule has 4 heteroatoms. The Balaban J connectivity index is 1.00. The molecular formula is C51H37N3O. The third-order valence-electron chi connectivity index (χ3n) is 11.9. The van der Waals surface area contributed by atoms with Crippen molar-refractivity contribution in [2.24, 2.45) is 0 Å². The fraction of sp³-hybridized carbons (Fsp3) is 0.118. The fourth-order valence-corrected chi connectivity index (χ4v) is 9.35. The van der Waals surface area contributed by atoms with E-state index in [9.17, 15) is 0 Å². The maximum absolute atomic E-state index is 6.71. The summed E-state index contributed by atoms with van der Waals surface area (Å²) in [7, 11) is 0. The molecule has 1 saturated carbocycles. The van der Waals surface area contributed by atoms with E-state index in [1.807, 2.05) is 36.4 Å². The van der Waals surface area contributed by atoms with Crippen molar-refractivity contribution in [3.8, 4) is 67.5 Å². The SMILES string of the molecule is c1ccc(-c2ccc(-c3nc(-c4ccccc4)nc(-c4ccc5c(c4)oc4cc(-c6cccc7c6C6(CCCCC6)c6ccccc6-7)ccc45)n3)cc2)cc1. The molecule has 0 N–H and O–H groups in total. The molecule has 2 aliphatic rings. The molecule has 55 heavy (non-hydrogen) atoms. The molecule has 0 bridgehead atoms. The van der Waals surface area contributed by atoms with Crippen molar-refractivity contribution in [3.05, 3.63) is 175 Å². The summed E-state index contributed by atoms with van der Waals surface area (Å²) in [5.41, 5.74) is 15.2. The standard InChI is InChI=1S/C51H37N3O/c1-4-13-33(14-5-1)34-21-23-36(24-22-34)49-52-48(35-15-6-2-7-16-35)53-50(54-49)38-26-28-42-41-27-25-37(31-45(41)55-46(42)32-38)39-18-12-19-43-40-17-8-9-20-44(40)51(47(39)43)29-10-3-11-30-51/h1-2,4-9,12-28,31-32H,3,10-11,29-30H2. The van der Waals surface area contributed by atoms with Gasteiger partial charge in [0.25, 0.3) is 0 Å². The Labute approximate surface area is 320 Å². The van der Waals surface area contributed by atoms with Crippen LogP contribution in [0.1, 0.15) is 43.2 Å². The van der Waals surface area contributed by atoms with E-state index in [4.69, 9.17) is 19.4 Å². The molecule has 0 unspecified atom stereocenters. The largest absolute Gasteiger partial charge is 0.456 e. The lowest BCUT2D eigenvalue weighted by molar-refractivity contribution is 0.353. The fourth-order valence-electron chi connectivity index (χ4n) is 9.35. The van der Waals surface area contributed by atoms with Gasteiger partial charge in [0.05, 0.1) is 0 Å². The van der Waals surface area contributed by atoms with Gasteiger partial charge in [-0.2, -0.15) is 0 Å². The van der Waals surface area contributed by atoms with E-state index in [0.29, 0.717) is 17.5 Å². The van der Waals surface area contributed by atoms with Crippen LogP contribution in [0.25, 0.3) is 89.5 Å². The molecule has 0 aliphatic heterocycles. The zero-order valence-electron chi connectivity index (χ0n) is 30.4. The number of benzene rings is 7. The summed E-state index contributed by atoms with van der Waals surface area (Å²) < 4.78 is 6.71. The van der Waals surface area contributed by atoms with Crippen LogP contribution in [0.15, 0.2) is 168 Å². The monoisotopic (exact) mass is 707 g/mol. The molecular weight excluding hydrogens is 671 g/mol. The maximum atomic E-state index is 6.71. The van der Waals surface area contributed by atoms with E-state index in [0.717, 1.165) is 44.2 Å². The Kier molecular flexibility index (Phi) is 7.38. The van der Waals surface area contributed by atoms with Crippen LogP contribution in [0.3, 0.4) is 0 Å². The van der Waals surface area contributed by atoms with Gasteiger partial charge in [-0.15, -0.1) is 0 Å². The maximum Gasteiger partial charge on any atom is 0.164 e. The minimum atomic E-state index is 0.0738. The predicted molar refractivity (Wildman–Crippen MR) is 224 cm³/mol. The summed E-state index contributed by atoms with van der Waals surface area (Å²) >= 11 is 0. The van der Waals surface area contributed by atoms with Gasteiger partial charge in [-0.1, -0.05) is 159 Å². The normalized spacial score (nSPS) is 14.3. The van der Waals surface area contributed by atoms with Crippen molar-refractivity contribution in [1.82, 2.24) is 15.0 Å². The highest BCUT2D eigenvalue weighted by Crippen LogP contribution is 2.58. The van der Waals surface area contributed by atoms with E-state index in [-0.39, 0.29) is 5.41 Å². The number of hydrogen-bond donors (Lipinski definition) is 0. The first-order valence-corrected chi connectivity index (χ1v) is 19.4. The predicted octanol–water partition coefficient (Wildman–Crippen LogP) is 13.3. The van der Waals surface area contributed by atoms with Crippen molar-refractivity contribution >= 4 is 21.9 Å². The second kappa shape index (κ2) is 12.7. The lowest BCUT2D eigenvalue weighted by Gasteiger charge is -2.37. The van der Waals surface area contributed by atoms with Crippen molar-refractivity contribution in [3.63, 3.8) is 0 Å². The van der Waals surface area contributed by atoms with Gasteiger partial charge in [0.1, 0.15) is 11.2 Å². The lowest BCUT2D eigenvalue weighted by Crippen LogP contribution is -2.28. The topological polar surface area (TPSA) is 51.8 Å². The summed E-state index contributed by atoms with van der Waals surface area (Å²) in [4.78, 5) is 15.0. The molecule has 11 rings (SSSR count). The average Bonchev–Trinajstić information content (AvgIpc) is 3.76. The highest BCUT2D eigenvalue weighted by Gasteiger charge is 2.45. The number of furan rings is 1. The van der Waals surface area contributed by atoms with E-state index < -0.39 is 0 Å². The van der Waals surface area contributed by atoms with Gasteiger partial charge in [-0.3, -0.25) is 0 Å². The molecule has 2 aromatic heterocycles. The van der Waals surface area contributed by atoms with E-state index in [1.54, 1.807) is 0 Å². The van der Waals surface area contributed by atoms with Gasteiger partial charge in [0.2, 0.25) is 0 Å². The Bertz CT molecular complexity index is 2890. The molecule has 4 nitrogen and oxygen atoms in total. The lowest BCUT2D eigenvalue weighted by atomic mass is 9.66. The van der Waals surface area contributed by atoms with Crippen LogP contribution in [0.5, 0.6) is 0 Å². The average molecular weight is 708 g/mol. The summed E-state index contributed by atoms with van der Waals surface area (Å²) in [6.45, 7) is 0. The number of nitrogens with zero attached hydrogens (tertiary/aromatic N) is 3. The van der Waals surface area contributed by atoms with Crippen molar-refractivity contribution < 1.29 is 4.42 Å². The molecule has 2 heterocycles. The van der Waals surface area contributed by atoms with Crippen LogP contribution in [-0.2, 0) is 5.41 Å². The van der Waals surface area contributed by atoms with Crippen LogP contribution >= 0.6 is 0 Å². The quantitative estimate of drug-likeness (QED) is 0.179. The van der Waals surface area contributed by atoms with Crippen LogP contribution in [0, 0.1) is 0 Å². The molecule has 0 atom stereocenters. The third kappa shape index (κ3) is 5.24. The Morgan fingerprint density at radius 1 is 0.382 bits per heavy atom. The van der Waals surface area contributed by atoms with Crippen LogP contribution in [-0.4, -0.2) is 15.0 Å². The van der Waals surface area contributed by atoms with E-state index >= 15 is 0 Å². The number of aromatic nitrogens is 3. The van der Waals surface area contributed by atoms with Crippen molar-refractivity contribution in [2.45, 2.75) is 37.5 Å². The van der Waals surface area contributed by atoms with Gasteiger partial charge >= 0.3 is 0 Å². The molecule has 262 valence electrons. The highest BCUT2D eigenvalue weighted by molar-refractivity contribution is 6.07. The molecule has 0 amide bonds. The number of fused-ring (bicyclic) bond motifs is 8. The van der Waals surface area contributed by atoms with Gasteiger partial charge < -0.3 is 4.42 Å². The van der Waals surface area contributed by atoms with E-state index in [1.165, 1.54) is 71.0 Å². The van der Waals surface area contributed by atoms with Crippen LogP contribution in [0.4, 0.5) is 0 Å². The minimum Gasteiger partial charge on any atom is -0.456 e. The van der Waals surface area contributed by atoms with Crippen molar-refractivity contribution in [2.75, 3.05) is 0 Å². The second-order valence-corrected chi connectivity index (χ2v) is 15.1. The van der Waals surface area contributed by atoms with Crippen LogP contribution in [0.2, 0.25) is 0 Å². The van der Waals surface area contributed by atoms with Crippen LogP contribution < -0.4 is 0 Å². The third-order valence-corrected chi connectivity index (χ3v) is 11.9. The summed E-state index contributed by atoms with van der Waals surface area (Å²) in [6, 6.07) is 58.0. The number of rotatable bonds is 5. The van der Waals surface area contributed by atoms with E-state index in [2.05, 4.69) is 127 Å². The van der Waals surface area contributed by atoms with Gasteiger partial charge in [-0.05, 0) is 81.6 Å². The number of hydrogen-bond acceptors (Lipinski definition) is 4. The summed E-state index contributed by atoms with van der Waals surface area (Å²) in [5, 5.41) is 2.18. The molecule has 7 aromatic carbocycles. The first-order valence-electron chi connectivity index (χ1n) is 19.4.